The predicted octanol–water partition coefficient (Wildman–Crippen LogP) is 4.10. The van der Waals surface area contributed by atoms with Gasteiger partial charge in [0.2, 0.25) is 0 Å². The lowest BCUT2D eigenvalue weighted by Crippen LogP contribution is -2.40. The lowest BCUT2D eigenvalue weighted by molar-refractivity contribution is 0.0675. The molecule has 0 fully saturated rings. The Morgan fingerprint density at radius 1 is 1.05 bits per heavy atom. The molecule has 1 amide bonds. The quantitative estimate of drug-likeness (QED) is 0.770. The Bertz CT molecular complexity index is 694. The molecule has 22 heavy (non-hydrogen) atoms. The number of halogens is 1. The standard InChI is InChI=1S/C18H18BrNO2/c1-12-7-9-14(10-8-12)17(21)13(2)20(3)18(22)15-5-4-6-16(19)11-15/h4-11,13H,1-3H3. The molecule has 1 unspecified atom stereocenters. The fourth-order valence-corrected chi connectivity index (χ4v) is 2.54. The molecule has 0 N–H and O–H groups in total. The molecule has 0 aromatic heterocycles. The number of nitrogens with zero attached hydrogens (tertiary/aromatic N) is 1. The van der Waals surface area contributed by atoms with Crippen LogP contribution in [0.4, 0.5) is 0 Å². The summed E-state index contributed by atoms with van der Waals surface area (Å²) in [6.07, 6.45) is 0. The van der Waals surface area contributed by atoms with Gasteiger partial charge in [-0.3, -0.25) is 9.59 Å². The summed E-state index contributed by atoms with van der Waals surface area (Å²) in [5, 5.41) is 0. The van der Waals surface area contributed by atoms with Crippen molar-refractivity contribution in [1.82, 2.24) is 4.90 Å². The zero-order chi connectivity index (χ0) is 16.3. The third-order valence-electron chi connectivity index (χ3n) is 3.69. The first-order valence-electron chi connectivity index (χ1n) is 7.04. The highest BCUT2D eigenvalue weighted by atomic mass is 79.9. The Balaban J connectivity index is 2.17. The SMILES string of the molecule is Cc1ccc(C(=O)C(C)N(C)C(=O)c2cccc(Br)c2)cc1. The van der Waals surface area contributed by atoms with Gasteiger partial charge in [0.15, 0.2) is 5.78 Å². The monoisotopic (exact) mass is 359 g/mol. The largest absolute Gasteiger partial charge is 0.332 e. The van der Waals surface area contributed by atoms with Crippen LogP contribution in [0.25, 0.3) is 0 Å². The molecule has 0 spiro atoms. The number of aryl methyl sites for hydroxylation is 1. The van der Waals surface area contributed by atoms with Gasteiger partial charge in [-0.1, -0.05) is 51.8 Å². The molecule has 0 bridgehead atoms. The van der Waals surface area contributed by atoms with Crippen molar-refractivity contribution < 1.29 is 9.59 Å². The van der Waals surface area contributed by atoms with Crippen LogP contribution in [0, 0.1) is 6.92 Å². The third-order valence-corrected chi connectivity index (χ3v) is 4.18. The zero-order valence-corrected chi connectivity index (χ0v) is 14.4. The van der Waals surface area contributed by atoms with E-state index in [1.54, 1.807) is 44.3 Å². The van der Waals surface area contributed by atoms with Crippen LogP contribution in [0.3, 0.4) is 0 Å². The maximum Gasteiger partial charge on any atom is 0.254 e. The van der Waals surface area contributed by atoms with Crippen molar-refractivity contribution >= 4 is 27.6 Å². The Morgan fingerprint density at radius 2 is 1.68 bits per heavy atom. The first-order chi connectivity index (χ1) is 10.4. The van der Waals surface area contributed by atoms with E-state index in [0.717, 1.165) is 10.0 Å². The molecule has 2 rings (SSSR count). The lowest BCUT2D eigenvalue weighted by atomic mass is 10.0. The molecular formula is C18H18BrNO2. The molecule has 114 valence electrons. The van der Waals surface area contributed by atoms with Crippen molar-refractivity contribution in [2.24, 2.45) is 0 Å². The summed E-state index contributed by atoms with van der Waals surface area (Å²) < 4.78 is 0.837. The summed E-state index contributed by atoms with van der Waals surface area (Å²) in [6.45, 7) is 3.72. The number of rotatable bonds is 4. The number of ketones is 1. The van der Waals surface area contributed by atoms with Crippen molar-refractivity contribution in [3.63, 3.8) is 0 Å². The Kier molecular flexibility index (Phi) is 5.14. The minimum absolute atomic E-state index is 0.0640. The second-order valence-electron chi connectivity index (χ2n) is 5.33. The van der Waals surface area contributed by atoms with E-state index in [1.165, 1.54) is 4.90 Å². The number of hydrogen-bond acceptors (Lipinski definition) is 2. The molecular weight excluding hydrogens is 342 g/mol. The van der Waals surface area contributed by atoms with Crippen LogP contribution < -0.4 is 0 Å². The normalized spacial score (nSPS) is 11.8. The summed E-state index contributed by atoms with van der Waals surface area (Å²) in [4.78, 5) is 26.5. The van der Waals surface area contributed by atoms with Gasteiger partial charge in [-0.15, -0.1) is 0 Å². The highest BCUT2D eigenvalue weighted by molar-refractivity contribution is 9.10. The van der Waals surface area contributed by atoms with Crippen LogP contribution in [-0.4, -0.2) is 29.7 Å². The Morgan fingerprint density at radius 3 is 2.27 bits per heavy atom. The van der Waals surface area contributed by atoms with E-state index >= 15 is 0 Å². The summed E-state index contributed by atoms with van der Waals surface area (Å²) in [5.74, 6) is -0.236. The summed E-state index contributed by atoms with van der Waals surface area (Å²) in [5.41, 5.74) is 2.27. The number of benzene rings is 2. The van der Waals surface area contributed by atoms with Gasteiger partial charge in [-0.2, -0.15) is 0 Å². The van der Waals surface area contributed by atoms with Gasteiger partial charge in [0, 0.05) is 22.6 Å². The number of amides is 1. The number of hydrogen-bond donors (Lipinski definition) is 0. The second-order valence-corrected chi connectivity index (χ2v) is 6.25. The second kappa shape index (κ2) is 6.88. The Labute approximate surface area is 139 Å². The molecule has 0 aliphatic rings. The molecule has 3 nitrogen and oxygen atoms in total. The number of Topliss-reactive ketones (excluding diaryl/α,β-unsaturated/α-hetero) is 1. The number of carbonyl (C=O) groups excluding carboxylic acids is 2. The van der Waals surface area contributed by atoms with Crippen molar-refractivity contribution in [1.29, 1.82) is 0 Å². The van der Waals surface area contributed by atoms with Gasteiger partial charge in [-0.05, 0) is 32.0 Å². The molecule has 2 aromatic carbocycles. The third kappa shape index (κ3) is 3.63. The van der Waals surface area contributed by atoms with Crippen molar-refractivity contribution in [3.05, 3.63) is 69.7 Å². The Hall–Kier alpha value is -1.94. The maximum atomic E-state index is 12.5. The van der Waals surface area contributed by atoms with E-state index in [-0.39, 0.29) is 11.7 Å². The minimum atomic E-state index is -0.519. The minimum Gasteiger partial charge on any atom is -0.332 e. The first-order valence-corrected chi connectivity index (χ1v) is 7.83. The van der Waals surface area contributed by atoms with Gasteiger partial charge >= 0.3 is 0 Å². The van der Waals surface area contributed by atoms with Gasteiger partial charge in [0.05, 0.1) is 6.04 Å². The van der Waals surface area contributed by atoms with Gasteiger partial charge < -0.3 is 4.90 Å². The zero-order valence-electron chi connectivity index (χ0n) is 12.8. The fourth-order valence-electron chi connectivity index (χ4n) is 2.14. The average molecular weight is 360 g/mol. The highest BCUT2D eigenvalue weighted by Crippen LogP contribution is 2.16. The van der Waals surface area contributed by atoms with E-state index in [0.29, 0.717) is 11.1 Å². The van der Waals surface area contributed by atoms with E-state index in [2.05, 4.69) is 15.9 Å². The molecule has 0 radical (unpaired) electrons. The highest BCUT2D eigenvalue weighted by Gasteiger charge is 2.24. The molecule has 1 atom stereocenters. The number of likely N-dealkylation sites (N-methyl/N-ethyl adjacent to an activating group) is 1. The smallest absolute Gasteiger partial charge is 0.254 e. The fraction of sp³-hybridized carbons (Fsp3) is 0.222. The van der Waals surface area contributed by atoms with Crippen LogP contribution in [0.1, 0.15) is 33.2 Å². The van der Waals surface area contributed by atoms with Crippen LogP contribution in [-0.2, 0) is 0 Å². The molecule has 0 saturated carbocycles. The average Bonchev–Trinajstić information content (AvgIpc) is 2.52. The first kappa shape index (κ1) is 16.4. The van der Waals surface area contributed by atoms with Crippen LogP contribution in [0.2, 0.25) is 0 Å². The van der Waals surface area contributed by atoms with Crippen LogP contribution in [0.15, 0.2) is 53.0 Å². The van der Waals surface area contributed by atoms with E-state index in [9.17, 15) is 9.59 Å². The molecule has 0 saturated heterocycles. The topological polar surface area (TPSA) is 37.4 Å². The van der Waals surface area contributed by atoms with E-state index in [4.69, 9.17) is 0 Å². The summed E-state index contributed by atoms with van der Waals surface area (Å²) in [6, 6.07) is 14.0. The van der Waals surface area contributed by atoms with Crippen LogP contribution >= 0.6 is 15.9 Å². The summed E-state index contributed by atoms with van der Waals surface area (Å²) >= 11 is 3.35. The molecule has 2 aromatic rings. The lowest BCUT2D eigenvalue weighted by Gasteiger charge is -2.24. The van der Waals surface area contributed by atoms with Gasteiger partial charge in [0.1, 0.15) is 0 Å². The van der Waals surface area contributed by atoms with Gasteiger partial charge in [-0.25, -0.2) is 0 Å². The van der Waals surface area contributed by atoms with Crippen molar-refractivity contribution in [3.8, 4) is 0 Å². The van der Waals surface area contributed by atoms with Gasteiger partial charge in [0.25, 0.3) is 5.91 Å². The maximum absolute atomic E-state index is 12.5. The number of carbonyl (C=O) groups is 2. The molecule has 0 aliphatic carbocycles. The molecule has 0 heterocycles. The van der Waals surface area contributed by atoms with Crippen LogP contribution in [0.5, 0.6) is 0 Å². The predicted molar refractivity (Wildman–Crippen MR) is 91.2 cm³/mol. The molecule has 4 heteroatoms. The summed E-state index contributed by atoms with van der Waals surface area (Å²) in [7, 11) is 1.65. The van der Waals surface area contributed by atoms with E-state index in [1.807, 2.05) is 25.1 Å². The van der Waals surface area contributed by atoms with Crippen molar-refractivity contribution in [2.45, 2.75) is 19.9 Å². The van der Waals surface area contributed by atoms with Crippen molar-refractivity contribution in [2.75, 3.05) is 7.05 Å². The van der Waals surface area contributed by atoms with E-state index < -0.39 is 6.04 Å². The molecule has 0 aliphatic heterocycles.